The lowest BCUT2D eigenvalue weighted by Crippen LogP contribution is -2.23. The van der Waals surface area contributed by atoms with Gasteiger partial charge in [0.25, 0.3) is 5.56 Å². The van der Waals surface area contributed by atoms with Crippen molar-refractivity contribution >= 4 is 22.7 Å². The van der Waals surface area contributed by atoms with Crippen LogP contribution < -0.4 is 16.2 Å². The van der Waals surface area contributed by atoms with E-state index >= 15 is 0 Å². The average molecular weight is 454 g/mol. The quantitative estimate of drug-likeness (QED) is 0.461. The van der Waals surface area contributed by atoms with E-state index in [0.717, 1.165) is 36.6 Å². The summed E-state index contributed by atoms with van der Waals surface area (Å²) in [5, 5.41) is 7.10. The van der Waals surface area contributed by atoms with Crippen LogP contribution in [0, 0.1) is 12.3 Å². The molecule has 4 heterocycles. The zero-order chi connectivity index (χ0) is 23.9. The molecule has 2 N–H and O–H groups in total. The van der Waals surface area contributed by atoms with Gasteiger partial charge in [-0.3, -0.25) is 9.78 Å². The van der Waals surface area contributed by atoms with E-state index in [9.17, 15) is 4.79 Å². The summed E-state index contributed by atoms with van der Waals surface area (Å²) in [6, 6.07) is 10.1. The SMILES string of the molecule is C#CCn1c(=O)c2cnc(Nc3ccc4c(c3)CNCC4)nc2n1-c1ccnc(C(C)(C)C)c1. The predicted octanol–water partition coefficient (Wildman–Crippen LogP) is 3.30. The molecule has 0 amide bonds. The van der Waals surface area contributed by atoms with Gasteiger partial charge >= 0.3 is 0 Å². The number of terminal acetylenes is 1. The van der Waals surface area contributed by atoms with Crippen molar-refractivity contribution in [2.75, 3.05) is 11.9 Å². The highest BCUT2D eigenvalue weighted by atomic mass is 16.1. The molecule has 0 aliphatic carbocycles. The van der Waals surface area contributed by atoms with Crippen molar-refractivity contribution in [2.45, 2.75) is 45.7 Å². The molecule has 1 aliphatic rings. The van der Waals surface area contributed by atoms with Gasteiger partial charge in [0, 0.05) is 35.7 Å². The monoisotopic (exact) mass is 453 g/mol. The van der Waals surface area contributed by atoms with Gasteiger partial charge in [-0.1, -0.05) is 32.8 Å². The van der Waals surface area contributed by atoms with Gasteiger partial charge in [-0.15, -0.1) is 6.42 Å². The molecule has 8 nitrogen and oxygen atoms in total. The molecule has 172 valence electrons. The second-order valence-electron chi connectivity index (χ2n) is 9.49. The normalized spacial score (nSPS) is 13.5. The fourth-order valence-electron chi connectivity index (χ4n) is 4.23. The number of hydrogen-bond donors (Lipinski definition) is 2. The maximum Gasteiger partial charge on any atom is 0.279 e. The molecule has 0 spiro atoms. The van der Waals surface area contributed by atoms with Crippen molar-refractivity contribution in [1.82, 2.24) is 29.6 Å². The van der Waals surface area contributed by atoms with Crippen LogP contribution in [0.4, 0.5) is 11.6 Å². The van der Waals surface area contributed by atoms with Crippen molar-refractivity contribution in [2.24, 2.45) is 0 Å². The van der Waals surface area contributed by atoms with E-state index in [1.165, 1.54) is 15.8 Å². The van der Waals surface area contributed by atoms with Gasteiger partial charge in [-0.25, -0.2) is 14.3 Å². The standard InChI is InChI=1S/C26H27N7O/c1-5-12-32-24(34)21-16-29-25(30-19-7-6-17-8-10-27-15-18(17)13-19)31-23(21)33(32)20-9-11-28-22(14-20)26(2,3)4/h1,6-7,9,11,13-14,16,27H,8,10,12,15H2,2-4H3,(H,29,30,31). The number of nitrogens with zero attached hydrogens (tertiary/aromatic N) is 5. The Balaban J connectivity index is 1.62. The summed E-state index contributed by atoms with van der Waals surface area (Å²) in [6.45, 7) is 8.25. The lowest BCUT2D eigenvalue weighted by molar-refractivity contribution is 0.564. The number of hydrogen-bond acceptors (Lipinski definition) is 6. The van der Waals surface area contributed by atoms with E-state index in [-0.39, 0.29) is 17.5 Å². The lowest BCUT2D eigenvalue weighted by Gasteiger charge is -2.19. The highest BCUT2D eigenvalue weighted by Crippen LogP contribution is 2.25. The minimum absolute atomic E-state index is 0.114. The molecule has 4 aromatic rings. The molecule has 8 heteroatoms. The van der Waals surface area contributed by atoms with Crippen LogP contribution in [0.25, 0.3) is 16.7 Å². The molecule has 1 aliphatic heterocycles. The van der Waals surface area contributed by atoms with Crippen LogP contribution in [0.3, 0.4) is 0 Å². The van der Waals surface area contributed by atoms with Crippen LogP contribution >= 0.6 is 0 Å². The predicted molar refractivity (Wildman–Crippen MR) is 134 cm³/mol. The van der Waals surface area contributed by atoms with Gasteiger partial charge in [0.05, 0.1) is 5.69 Å². The molecule has 0 unspecified atom stereocenters. The van der Waals surface area contributed by atoms with E-state index in [1.54, 1.807) is 17.1 Å². The van der Waals surface area contributed by atoms with Crippen LogP contribution in [0.2, 0.25) is 0 Å². The second-order valence-corrected chi connectivity index (χ2v) is 9.49. The summed E-state index contributed by atoms with van der Waals surface area (Å²) in [5.41, 5.74) is 5.30. The van der Waals surface area contributed by atoms with Crippen LogP contribution in [-0.2, 0) is 24.9 Å². The molecule has 1 aromatic carbocycles. The Morgan fingerprint density at radius 1 is 1.18 bits per heavy atom. The maximum atomic E-state index is 13.1. The van der Waals surface area contributed by atoms with Crippen molar-refractivity contribution in [1.29, 1.82) is 0 Å². The summed E-state index contributed by atoms with van der Waals surface area (Å²) in [5.74, 6) is 2.99. The Morgan fingerprint density at radius 2 is 2.03 bits per heavy atom. The molecule has 0 atom stereocenters. The van der Waals surface area contributed by atoms with Gasteiger partial charge in [0.2, 0.25) is 5.95 Å². The summed E-state index contributed by atoms with van der Waals surface area (Å²) in [7, 11) is 0. The second kappa shape index (κ2) is 8.43. The fraction of sp³-hybridized carbons (Fsp3) is 0.308. The molecule has 0 bridgehead atoms. The van der Waals surface area contributed by atoms with Gasteiger partial charge in [0.1, 0.15) is 11.9 Å². The van der Waals surface area contributed by atoms with Crippen molar-refractivity contribution in [3.8, 4) is 18.0 Å². The Bertz CT molecular complexity index is 1480. The van der Waals surface area contributed by atoms with Crippen LogP contribution in [-0.4, -0.2) is 30.9 Å². The summed E-state index contributed by atoms with van der Waals surface area (Å²) >= 11 is 0. The van der Waals surface area contributed by atoms with E-state index in [1.807, 2.05) is 18.2 Å². The smallest absolute Gasteiger partial charge is 0.279 e. The van der Waals surface area contributed by atoms with Crippen LogP contribution in [0.15, 0.2) is 47.5 Å². The molecule has 34 heavy (non-hydrogen) atoms. The van der Waals surface area contributed by atoms with Crippen molar-refractivity contribution < 1.29 is 0 Å². The number of nitrogens with one attached hydrogen (secondary N) is 2. The Kier molecular flexibility index (Phi) is 5.42. The molecule has 0 fully saturated rings. The summed E-state index contributed by atoms with van der Waals surface area (Å²) < 4.78 is 3.27. The summed E-state index contributed by atoms with van der Waals surface area (Å²) in [6.07, 6.45) is 9.92. The minimum Gasteiger partial charge on any atom is -0.324 e. The third-order valence-electron chi connectivity index (χ3n) is 6.02. The van der Waals surface area contributed by atoms with E-state index in [4.69, 9.17) is 11.4 Å². The van der Waals surface area contributed by atoms with Gasteiger partial charge in [-0.05, 0) is 48.4 Å². The van der Waals surface area contributed by atoms with Crippen molar-refractivity contribution in [3.63, 3.8) is 0 Å². The highest BCUT2D eigenvalue weighted by Gasteiger charge is 2.20. The van der Waals surface area contributed by atoms with Crippen LogP contribution in [0.5, 0.6) is 0 Å². The zero-order valence-electron chi connectivity index (χ0n) is 19.6. The number of fused-ring (bicyclic) bond motifs is 2. The number of benzene rings is 1. The maximum absolute atomic E-state index is 13.1. The van der Waals surface area contributed by atoms with E-state index < -0.39 is 0 Å². The van der Waals surface area contributed by atoms with E-state index in [2.05, 4.69) is 59.4 Å². The third kappa shape index (κ3) is 3.95. The molecule has 0 radical (unpaired) electrons. The average Bonchev–Trinajstić information content (AvgIpc) is 3.10. The number of pyridine rings is 1. The molecular formula is C26H27N7O. The van der Waals surface area contributed by atoms with Gasteiger partial charge in [0.15, 0.2) is 5.65 Å². The number of anilines is 2. The number of aromatic nitrogens is 5. The summed E-state index contributed by atoms with van der Waals surface area (Å²) in [4.78, 5) is 26.8. The molecular weight excluding hydrogens is 426 g/mol. The zero-order valence-corrected chi connectivity index (χ0v) is 19.6. The van der Waals surface area contributed by atoms with Gasteiger partial charge < -0.3 is 10.6 Å². The largest absolute Gasteiger partial charge is 0.324 e. The Morgan fingerprint density at radius 3 is 2.82 bits per heavy atom. The van der Waals surface area contributed by atoms with E-state index in [0.29, 0.717) is 17.0 Å². The number of rotatable bonds is 4. The van der Waals surface area contributed by atoms with Crippen molar-refractivity contribution in [3.05, 3.63) is 69.9 Å². The topological polar surface area (TPSA) is 89.7 Å². The third-order valence-corrected chi connectivity index (χ3v) is 6.02. The van der Waals surface area contributed by atoms with Gasteiger partial charge in [-0.2, -0.15) is 4.98 Å². The first-order chi connectivity index (χ1) is 16.3. The molecule has 3 aromatic heterocycles. The molecule has 5 rings (SSSR count). The highest BCUT2D eigenvalue weighted by molar-refractivity contribution is 5.77. The Hall–Kier alpha value is -3.96. The molecule has 0 saturated heterocycles. The van der Waals surface area contributed by atoms with Crippen LogP contribution in [0.1, 0.15) is 37.6 Å². The first kappa shape index (κ1) is 21.9. The molecule has 0 saturated carbocycles. The first-order valence-corrected chi connectivity index (χ1v) is 11.3. The fourth-order valence-corrected chi connectivity index (χ4v) is 4.23. The lowest BCUT2D eigenvalue weighted by atomic mass is 9.91. The Labute approximate surface area is 198 Å². The minimum atomic E-state index is -0.228. The first-order valence-electron chi connectivity index (χ1n) is 11.3.